The Morgan fingerprint density at radius 1 is 1.15 bits per heavy atom. The van der Waals surface area contributed by atoms with Crippen molar-refractivity contribution in [2.75, 3.05) is 0 Å². The summed E-state index contributed by atoms with van der Waals surface area (Å²) < 4.78 is 0. The number of carbonyl (C=O) groups excluding carboxylic acids is 1. The van der Waals surface area contributed by atoms with E-state index >= 15 is 0 Å². The Balaban J connectivity index is 2.23. The van der Waals surface area contributed by atoms with E-state index in [-0.39, 0.29) is 0 Å². The molecule has 2 aromatic rings. The highest BCUT2D eigenvalue weighted by molar-refractivity contribution is 7.10. The topological polar surface area (TPSA) is 60.2 Å². The van der Waals surface area contributed by atoms with E-state index in [9.17, 15) is 14.9 Å². The van der Waals surface area contributed by atoms with E-state index in [0.29, 0.717) is 5.56 Å². The molecule has 0 N–H and O–H groups in total. The smallest absolute Gasteiger partial charge is 0.282 e. The molecule has 0 spiro atoms. The lowest BCUT2D eigenvalue weighted by Crippen LogP contribution is -2.11. The summed E-state index contributed by atoms with van der Waals surface area (Å²) in [7, 11) is 0. The van der Waals surface area contributed by atoms with Crippen LogP contribution in [0.4, 0.5) is 0 Å². The Hall–Kier alpha value is -2.53. The van der Waals surface area contributed by atoms with Gasteiger partial charge in [-0.05, 0) is 17.5 Å². The number of carbonyl (C=O) groups is 1. The van der Waals surface area contributed by atoms with Crippen LogP contribution in [0.1, 0.15) is 15.2 Å². The first-order chi connectivity index (χ1) is 9.68. The molecular formula is C15H11NO3S. The van der Waals surface area contributed by atoms with Crippen molar-refractivity contribution in [1.82, 2.24) is 0 Å². The SMILES string of the molecule is O=C(/C(=C/C=C/c1cccs1)[N+](=O)[O-])c1ccccc1. The van der Waals surface area contributed by atoms with Crippen LogP contribution in [-0.4, -0.2) is 10.7 Å². The van der Waals surface area contributed by atoms with Gasteiger partial charge in [-0.25, -0.2) is 0 Å². The number of benzene rings is 1. The van der Waals surface area contributed by atoms with Gasteiger partial charge < -0.3 is 0 Å². The first kappa shape index (κ1) is 13.9. The summed E-state index contributed by atoms with van der Waals surface area (Å²) in [6.07, 6.45) is 4.48. The molecule has 0 radical (unpaired) electrons. The maximum Gasteiger partial charge on any atom is 0.316 e. The number of nitrogens with zero attached hydrogens (tertiary/aromatic N) is 1. The number of Topliss-reactive ketones (excluding diaryl/α,β-unsaturated/α-hetero) is 1. The Bertz CT molecular complexity index is 658. The fourth-order valence-electron chi connectivity index (χ4n) is 1.58. The van der Waals surface area contributed by atoms with Crippen molar-refractivity contribution in [1.29, 1.82) is 0 Å². The molecule has 0 saturated heterocycles. The van der Waals surface area contributed by atoms with Gasteiger partial charge in [-0.1, -0.05) is 42.5 Å². The van der Waals surface area contributed by atoms with Crippen molar-refractivity contribution in [2.24, 2.45) is 0 Å². The van der Waals surface area contributed by atoms with Gasteiger partial charge >= 0.3 is 5.70 Å². The summed E-state index contributed by atoms with van der Waals surface area (Å²) in [5, 5.41) is 12.9. The van der Waals surface area contributed by atoms with Crippen LogP contribution in [0.5, 0.6) is 0 Å². The molecule has 0 amide bonds. The van der Waals surface area contributed by atoms with Gasteiger partial charge in [0.15, 0.2) is 0 Å². The van der Waals surface area contributed by atoms with Gasteiger partial charge in [0.05, 0.1) is 4.92 Å². The highest BCUT2D eigenvalue weighted by atomic mass is 32.1. The highest BCUT2D eigenvalue weighted by Crippen LogP contribution is 2.12. The predicted octanol–water partition coefficient (Wildman–Crippen LogP) is 3.80. The van der Waals surface area contributed by atoms with Crippen LogP contribution >= 0.6 is 11.3 Å². The molecule has 20 heavy (non-hydrogen) atoms. The molecule has 1 aromatic heterocycles. The second-order valence-corrected chi connectivity index (χ2v) is 4.86. The molecular weight excluding hydrogens is 274 g/mol. The van der Waals surface area contributed by atoms with Crippen LogP contribution in [0.25, 0.3) is 6.08 Å². The van der Waals surface area contributed by atoms with E-state index < -0.39 is 16.4 Å². The van der Waals surface area contributed by atoms with Crippen LogP contribution in [0.2, 0.25) is 0 Å². The summed E-state index contributed by atoms with van der Waals surface area (Å²) >= 11 is 1.52. The Labute approximate surface area is 119 Å². The van der Waals surface area contributed by atoms with Gasteiger partial charge in [0, 0.05) is 16.5 Å². The monoisotopic (exact) mass is 285 g/mol. The largest absolute Gasteiger partial charge is 0.316 e. The second kappa shape index (κ2) is 6.58. The second-order valence-electron chi connectivity index (χ2n) is 3.88. The molecule has 1 heterocycles. The van der Waals surface area contributed by atoms with Crippen molar-refractivity contribution in [3.8, 4) is 0 Å². The van der Waals surface area contributed by atoms with Gasteiger partial charge in [0.1, 0.15) is 0 Å². The lowest BCUT2D eigenvalue weighted by Gasteiger charge is -1.97. The molecule has 0 aliphatic rings. The molecule has 0 aliphatic heterocycles. The molecule has 1 aromatic carbocycles. The molecule has 100 valence electrons. The molecule has 0 aliphatic carbocycles. The van der Waals surface area contributed by atoms with E-state index in [0.717, 1.165) is 4.88 Å². The summed E-state index contributed by atoms with van der Waals surface area (Å²) in [4.78, 5) is 23.3. The van der Waals surface area contributed by atoms with Crippen molar-refractivity contribution in [2.45, 2.75) is 0 Å². The van der Waals surface area contributed by atoms with Crippen molar-refractivity contribution < 1.29 is 9.72 Å². The van der Waals surface area contributed by atoms with Crippen LogP contribution in [0, 0.1) is 10.1 Å². The van der Waals surface area contributed by atoms with Gasteiger partial charge in [-0.15, -0.1) is 11.3 Å². The molecule has 0 unspecified atom stereocenters. The average Bonchev–Trinajstić information content (AvgIpc) is 2.97. The summed E-state index contributed by atoms with van der Waals surface area (Å²) in [5.41, 5.74) is -0.135. The molecule has 0 bridgehead atoms. The van der Waals surface area contributed by atoms with E-state index in [1.54, 1.807) is 36.4 Å². The third-order valence-electron chi connectivity index (χ3n) is 2.52. The van der Waals surface area contributed by atoms with E-state index in [4.69, 9.17) is 0 Å². The lowest BCUT2D eigenvalue weighted by atomic mass is 10.1. The molecule has 0 saturated carbocycles. The standard InChI is InChI=1S/C15H11NO3S/c17-15(12-6-2-1-3-7-12)14(16(18)19)10-4-8-13-9-5-11-20-13/h1-11H/b8-4+,14-10-. The van der Waals surface area contributed by atoms with Crippen molar-refractivity contribution >= 4 is 23.2 Å². The Morgan fingerprint density at radius 2 is 1.90 bits per heavy atom. The predicted molar refractivity (Wildman–Crippen MR) is 79.2 cm³/mol. The van der Waals surface area contributed by atoms with Crippen LogP contribution in [-0.2, 0) is 0 Å². The highest BCUT2D eigenvalue weighted by Gasteiger charge is 2.22. The maximum atomic E-state index is 12.0. The van der Waals surface area contributed by atoms with E-state index in [1.165, 1.54) is 23.5 Å². The number of hydrogen-bond donors (Lipinski definition) is 0. The average molecular weight is 285 g/mol. The van der Waals surface area contributed by atoms with Gasteiger partial charge in [0.25, 0.3) is 5.78 Å². The van der Waals surface area contributed by atoms with Crippen LogP contribution < -0.4 is 0 Å². The summed E-state index contributed by atoms with van der Waals surface area (Å²) in [6, 6.07) is 12.0. The normalized spacial score (nSPS) is 11.7. The van der Waals surface area contributed by atoms with Crippen LogP contribution in [0.15, 0.2) is 65.7 Å². The maximum absolute atomic E-state index is 12.0. The van der Waals surface area contributed by atoms with Gasteiger partial charge in [-0.2, -0.15) is 0 Å². The van der Waals surface area contributed by atoms with E-state index in [1.807, 2.05) is 17.5 Å². The fourth-order valence-corrected chi connectivity index (χ4v) is 2.21. The summed E-state index contributed by atoms with van der Waals surface area (Å²) in [5.74, 6) is -0.591. The number of rotatable bonds is 5. The minimum Gasteiger partial charge on any atom is -0.282 e. The molecule has 4 nitrogen and oxygen atoms in total. The van der Waals surface area contributed by atoms with Crippen molar-refractivity contribution in [3.05, 3.63) is 86.2 Å². The van der Waals surface area contributed by atoms with Gasteiger partial charge in [-0.3, -0.25) is 14.9 Å². The quantitative estimate of drug-likeness (QED) is 0.276. The molecule has 2 rings (SSSR count). The fraction of sp³-hybridized carbons (Fsp3) is 0. The zero-order chi connectivity index (χ0) is 14.4. The van der Waals surface area contributed by atoms with Crippen LogP contribution in [0.3, 0.4) is 0 Å². The minimum atomic E-state index is -0.659. The zero-order valence-corrected chi connectivity index (χ0v) is 11.2. The minimum absolute atomic E-state index is 0.306. The zero-order valence-electron chi connectivity index (χ0n) is 10.4. The molecule has 0 atom stereocenters. The number of nitro groups is 1. The molecule has 0 fully saturated rings. The van der Waals surface area contributed by atoms with Gasteiger partial charge in [0.2, 0.25) is 0 Å². The first-order valence-corrected chi connectivity index (χ1v) is 6.72. The summed E-state index contributed by atoms with van der Waals surface area (Å²) in [6.45, 7) is 0. The first-order valence-electron chi connectivity index (χ1n) is 5.84. The third-order valence-corrected chi connectivity index (χ3v) is 3.36. The lowest BCUT2D eigenvalue weighted by molar-refractivity contribution is -0.416. The number of ketones is 1. The van der Waals surface area contributed by atoms with E-state index in [2.05, 4.69) is 0 Å². The number of hydrogen-bond acceptors (Lipinski definition) is 4. The number of allylic oxidation sites excluding steroid dienone is 3. The number of thiophene rings is 1. The van der Waals surface area contributed by atoms with Crippen molar-refractivity contribution in [3.63, 3.8) is 0 Å². The Kier molecular flexibility index (Phi) is 4.57. The molecule has 5 heteroatoms. The Morgan fingerprint density at radius 3 is 2.50 bits per heavy atom. The third kappa shape index (κ3) is 3.49.